The number of aromatic nitrogens is 1. The van der Waals surface area contributed by atoms with Crippen molar-refractivity contribution in [3.8, 4) is 0 Å². The standard InChI is InChI=1S/C23H25N3O3/c1-15(27)25-8-7-17-10-18(5-6-21(17)25)22(28)14-24-11-16-9-19(13-24)20-3-2-4-23(29)26(20)12-16/h2-6,10,16,19H,7-9,11-14H2,1H3. The van der Waals surface area contributed by atoms with Crippen LogP contribution >= 0.6 is 0 Å². The summed E-state index contributed by atoms with van der Waals surface area (Å²) in [6.07, 6.45) is 1.89. The maximum absolute atomic E-state index is 13.0. The number of anilines is 1. The number of carbonyl (C=O) groups is 2. The number of amides is 1. The maximum Gasteiger partial charge on any atom is 0.250 e. The predicted octanol–water partition coefficient (Wildman–Crippen LogP) is 2.06. The minimum atomic E-state index is 0.0436. The topological polar surface area (TPSA) is 62.6 Å². The Balaban J connectivity index is 1.31. The van der Waals surface area contributed by atoms with Crippen LogP contribution in [0.4, 0.5) is 5.69 Å². The van der Waals surface area contributed by atoms with Gasteiger partial charge in [-0.1, -0.05) is 6.07 Å². The lowest BCUT2D eigenvalue weighted by atomic mass is 9.83. The molecule has 0 radical (unpaired) electrons. The fourth-order valence-corrected chi connectivity index (χ4v) is 5.32. The van der Waals surface area contributed by atoms with Gasteiger partial charge in [0, 0.05) is 62.0 Å². The van der Waals surface area contributed by atoms with Gasteiger partial charge >= 0.3 is 0 Å². The molecule has 3 aliphatic heterocycles. The van der Waals surface area contributed by atoms with Crippen LogP contribution in [0.15, 0.2) is 41.2 Å². The van der Waals surface area contributed by atoms with Gasteiger partial charge in [0.1, 0.15) is 0 Å². The van der Waals surface area contributed by atoms with E-state index in [0.29, 0.717) is 24.9 Å². The third-order valence-corrected chi connectivity index (χ3v) is 6.60. The van der Waals surface area contributed by atoms with Gasteiger partial charge in [0.25, 0.3) is 5.56 Å². The summed E-state index contributed by atoms with van der Waals surface area (Å²) in [5.74, 6) is 0.896. The molecular formula is C23H25N3O3. The second-order valence-electron chi connectivity index (χ2n) is 8.58. The zero-order valence-electron chi connectivity index (χ0n) is 16.6. The molecule has 0 saturated carbocycles. The first-order valence-corrected chi connectivity index (χ1v) is 10.4. The molecule has 1 aromatic carbocycles. The van der Waals surface area contributed by atoms with E-state index in [1.54, 1.807) is 17.9 Å². The lowest BCUT2D eigenvalue weighted by molar-refractivity contribution is -0.116. The van der Waals surface area contributed by atoms with Crippen molar-refractivity contribution in [2.24, 2.45) is 5.92 Å². The Bertz CT molecular complexity index is 1060. The van der Waals surface area contributed by atoms with E-state index in [4.69, 9.17) is 0 Å². The van der Waals surface area contributed by atoms with Crippen LogP contribution in [0.25, 0.3) is 0 Å². The molecule has 4 heterocycles. The molecule has 0 spiro atoms. The molecular weight excluding hydrogens is 366 g/mol. The van der Waals surface area contributed by atoms with Gasteiger partial charge in [0.15, 0.2) is 5.78 Å². The number of Topliss-reactive ketones (excluding diaryl/α,β-unsaturated/α-hetero) is 1. The highest BCUT2D eigenvalue weighted by atomic mass is 16.2. The highest BCUT2D eigenvalue weighted by Crippen LogP contribution is 2.35. The van der Waals surface area contributed by atoms with Crippen LogP contribution < -0.4 is 10.5 Å². The molecule has 3 aliphatic rings. The Morgan fingerprint density at radius 2 is 1.97 bits per heavy atom. The van der Waals surface area contributed by atoms with E-state index in [-0.39, 0.29) is 17.2 Å². The van der Waals surface area contributed by atoms with Crippen molar-refractivity contribution in [1.29, 1.82) is 0 Å². The average Bonchev–Trinajstić information content (AvgIpc) is 3.12. The van der Waals surface area contributed by atoms with E-state index >= 15 is 0 Å². The third-order valence-electron chi connectivity index (χ3n) is 6.60. The van der Waals surface area contributed by atoms with Crippen LogP contribution in [0, 0.1) is 5.92 Å². The van der Waals surface area contributed by atoms with Gasteiger partial charge in [0.2, 0.25) is 5.91 Å². The largest absolute Gasteiger partial charge is 0.312 e. The summed E-state index contributed by atoms with van der Waals surface area (Å²) in [6.45, 7) is 5.08. The van der Waals surface area contributed by atoms with E-state index in [2.05, 4.69) is 11.0 Å². The monoisotopic (exact) mass is 391 g/mol. The van der Waals surface area contributed by atoms with E-state index in [0.717, 1.165) is 55.0 Å². The van der Waals surface area contributed by atoms with Crippen molar-refractivity contribution in [3.05, 3.63) is 63.6 Å². The van der Waals surface area contributed by atoms with Gasteiger partial charge in [-0.15, -0.1) is 0 Å². The minimum absolute atomic E-state index is 0.0436. The van der Waals surface area contributed by atoms with E-state index in [9.17, 15) is 14.4 Å². The number of hydrogen-bond donors (Lipinski definition) is 0. The summed E-state index contributed by atoms with van der Waals surface area (Å²) < 4.78 is 1.92. The molecule has 5 rings (SSSR count). The zero-order chi connectivity index (χ0) is 20.1. The van der Waals surface area contributed by atoms with E-state index in [1.165, 1.54) is 0 Å². The number of carbonyl (C=O) groups excluding carboxylic acids is 2. The Labute approximate surface area is 169 Å². The second kappa shape index (κ2) is 6.95. The van der Waals surface area contributed by atoms with Crippen molar-refractivity contribution in [2.45, 2.75) is 32.2 Å². The Morgan fingerprint density at radius 3 is 2.79 bits per heavy atom. The molecule has 2 bridgehead atoms. The number of likely N-dealkylation sites (tertiary alicyclic amines) is 1. The molecule has 29 heavy (non-hydrogen) atoms. The maximum atomic E-state index is 13.0. The molecule has 0 N–H and O–H groups in total. The Kier molecular flexibility index (Phi) is 4.39. The van der Waals surface area contributed by atoms with Crippen molar-refractivity contribution < 1.29 is 9.59 Å². The molecule has 6 nitrogen and oxygen atoms in total. The molecule has 2 aromatic rings. The average molecular weight is 391 g/mol. The minimum Gasteiger partial charge on any atom is -0.312 e. The summed E-state index contributed by atoms with van der Waals surface area (Å²) in [6, 6.07) is 11.2. The summed E-state index contributed by atoms with van der Waals surface area (Å²) in [5, 5.41) is 0. The van der Waals surface area contributed by atoms with Crippen LogP contribution in [-0.2, 0) is 17.8 Å². The molecule has 2 atom stereocenters. The molecule has 150 valence electrons. The SMILES string of the molecule is CC(=O)N1CCc2cc(C(=O)CN3CC4CC(C3)c3cccc(=O)n3C4)ccc21. The van der Waals surface area contributed by atoms with Crippen LogP contribution in [-0.4, -0.2) is 47.3 Å². The van der Waals surface area contributed by atoms with Gasteiger partial charge in [-0.25, -0.2) is 0 Å². The van der Waals surface area contributed by atoms with Crippen molar-refractivity contribution in [2.75, 3.05) is 31.1 Å². The Morgan fingerprint density at radius 1 is 1.10 bits per heavy atom. The lowest BCUT2D eigenvalue weighted by Gasteiger charge is -2.42. The van der Waals surface area contributed by atoms with Gasteiger partial charge in [-0.05, 0) is 48.6 Å². The molecule has 1 fully saturated rings. The molecule has 1 saturated heterocycles. The number of rotatable bonds is 3. The van der Waals surface area contributed by atoms with Gasteiger partial charge in [-0.2, -0.15) is 0 Å². The number of fused-ring (bicyclic) bond motifs is 5. The van der Waals surface area contributed by atoms with Gasteiger partial charge in [0.05, 0.1) is 6.54 Å². The first kappa shape index (κ1) is 18.3. The number of ketones is 1. The summed E-state index contributed by atoms with van der Waals surface area (Å²) in [4.78, 5) is 40.9. The van der Waals surface area contributed by atoms with Crippen LogP contribution in [0.2, 0.25) is 0 Å². The van der Waals surface area contributed by atoms with Crippen LogP contribution in [0.5, 0.6) is 0 Å². The fourth-order valence-electron chi connectivity index (χ4n) is 5.32. The number of hydrogen-bond acceptors (Lipinski definition) is 4. The van der Waals surface area contributed by atoms with Gasteiger partial charge in [-0.3, -0.25) is 19.3 Å². The molecule has 1 amide bonds. The van der Waals surface area contributed by atoms with E-state index < -0.39 is 0 Å². The molecule has 1 aromatic heterocycles. The highest BCUT2D eigenvalue weighted by Gasteiger charge is 2.35. The second-order valence-corrected chi connectivity index (χ2v) is 8.58. The summed E-state index contributed by atoms with van der Waals surface area (Å²) in [7, 11) is 0. The van der Waals surface area contributed by atoms with Gasteiger partial charge < -0.3 is 9.47 Å². The molecule has 6 heteroatoms. The number of benzene rings is 1. The van der Waals surface area contributed by atoms with E-state index in [1.807, 2.05) is 28.8 Å². The first-order chi connectivity index (χ1) is 14.0. The Hall–Kier alpha value is -2.73. The zero-order valence-corrected chi connectivity index (χ0v) is 16.6. The number of piperidine rings is 1. The molecule has 0 aliphatic carbocycles. The van der Waals surface area contributed by atoms with Crippen molar-refractivity contribution in [1.82, 2.24) is 9.47 Å². The van der Waals surface area contributed by atoms with Crippen LogP contribution in [0.3, 0.4) is 0 Å². The third kappa shape index (κ3) is 3.21. The molecule has 2 unspecified atom stereocenters. The van der Waals surface area contributed by atoms with Crippen molar-refractivity contribution in [3.63, 3.8) is 0 Å². The highest BCUT2D eigenvalue weighted by molar-refractivity contribution is 6.00. The smallest absolute Gasteiger partial charge is 0.250 e. The van der Waals surface area contributed by atoms with Crippen LogP contribution in [0.1, 0.15) is 40.9 Å². The number of nitrogens with zero attached hydrogens (tertiary/aromatic N) is 3. The normalized spacial score (nSPS) is 22.9. The quantitative estimate of drug-likeness (QED) is 0.752. The predicted molar refractivity (Wildman–Crippen MR) is 110 cm³/mol. The fraction of sp³-hybridized carbons (Fsp3) is 0.435. The lowest BCUT2D eigenvalue weighted by Crippen LogP contribution is -2.48. The van der Waals surface area contributed by atoms with Crippen molar-refractivity contribution >= 4 is 17.4 Å². The summed E-state index contributed by atoms with van der Waals surface area (Å²) >= 11 is 0. The summed E-state index contributed by atoms with van der Waals surface area (Å²) in [5.41, 5.74) is 3.92. The number of pyridine rings is 1. The first-order valence-electron chi connectivity index (χ1n) is 10.4.